The first-order valence-electron chi connectivity index (χ1n) is 8.94. The maximum atomic E-state index is 12.2. The summed E-state index contributed by atoms with van der Waals surface area (Å²) in [6, 6.07) is 7.51. The molecule has 12 heteroatoms. The number of hydrogen-bond donors (Lipinski definition) is 1. The summed E-state index contributed by atoms with van der Waals surface area (Å²) in [4.78, 5) is 13.9. The fourth-order valence-corrected chi connectivity index (χ4v) is 4.28. The Hall–Kier alpha value is -2.10. The van der Waals surface area contributed by atoms with Crippen molar-refractivity contribution in [1.29, 1.82) is 0 Å². The van der Waals surface area contributed by atoms with Crippen LogP contribution in [0.1, 0.15) is 6.92 Å². The highest BCUT2D eigenvalue weighted by Gasteiger charge is 2.26. The van der Waals surface area contributed by atoms with Gasteiger partial charge in [-0.2, -0.15) is 18.2 Å². The first-order valence-corrected chi connectivity index (χ1v) is 11.2. The van der Waals surface area contributed by atoms with Gasteiger partial charge in [0.1, 0.15) is 16.3 Å². The van der Waals surface area contributed by atoms with Crippen molar-refractivity contribution in [3.8, 4) is 5.75 Å². The van der Waals surface area contributed by atoms with E-state index < -0.39 is 12.3 Å². The molecular formula is C18H21F3N5O2PS. The van der Waals surface area contributed by atoms with Gasteiger partial charge in [-0.05, 0) is 31.2 Å². The number of halogens is 3. The van der Waals surface area contributed by atoms with Gasteiger partial charge in [-0.25, -0.2) is 9.97 Å². The number of alkyl halides is 3. The third-order valence-electron chi connectivity index (χ3n) is 3.97. The second-order valence-electron chi connectivity index (χ2n) is 6.40. The first kappa shape index (κ1) is 22.6. The van der Waals surface area contributed by atoms with Crippen molar-refractivity contribution < 1.29 is 22.6 Å². The van der Waals surface area contributed by atoms with Crippen molar-refractivity contribution >= 4 is 37.5 Å². The van der Waals surface area contributed by atoms with E-state index >= 15 is 0 Å². The van der Waals surface area contributed by atoms with Gasteiger partial charge >= 0.3 is 6.18 Å². The summed E-state index contributed by atoms with van der Waals surface area (Å²) in [5.41, 5.74) is 7.03. The van der Waals surface area contributed by atoms with Crippen LogP contribution in [0.15, 0.2) is 40.5 Å². The van der Waals surface area contributed by atoms with Crippen LogP contribution < -0.4 is 10.5 Å². The summed E-state index contributed by atoms with van der Waals surface area (Å²) in [5.74, 6) is 0.862. The number of nitrogen functional groups attached to an aromatic ring is 1. The van der Waals surface area contributed by atoms with Crippen LogP contribution in [0, 0.1) is 0 Å². The second kappa shape index (κ2) is 9.80. The smallest absolute Gasteiger partial charge is 0.392 e. The summed E-state index contributed by atoms with van der Waals surface area (Å²) in [6.45, 7) is 2.18. The Morgan fingerprint density at radius 2 is 1.97 bits per heavy atom. The van der Waals surface area contributed by atoms with Gasteiger partial charge in [-0.1, -0.05) is 20.3 Å². The van der Waals surface area contributed by atoms with Gasteiger partial charge in [0.25, 0.3) is 0 Å². The lowest BCUT2D eigenvalue weighted by Crippen LogP contribution is -2.17. The number of anilines is 1. The molecule has 0 fully saturated rings. The molecule has 2 N–H and O–H groups in total. The van der Waals surface area contributed by atoms with Crippen LogP contribution in [-0.2, 0) is 11.3 Å². The SMILES string of the molecule is COc1ccc(Sc2nc(N)nc3c2ncn3CC(C)OCPCC(F)(F)F)cc1. The highest BCUT2D eigenvalue weighted by atomic mass is 32.2. The van der Waals surface area contributed by atoms with Crippen molar-refractivity contribution in [2.45, 2.75) is 35.7 Å². The van der Waals surface area contributed by atoms with Gasteiger partial charge in [0.05, 0.1) is 38.6 Å². The van der Waals surface area contributed by atoms with Crippen LogP contribution in [0.5, 0.6) is 5.75 Å². The minimum absolute atomic E-state index is 0.0585. The predicted octanol–water partition coefficient (Wildman–Crippen LogP) is 4.17. The van der Waals surface area contributed by atoms with Gasteiger partial charge in [0, 0.05) is 4.90 Å². The van der Waals surface area contributed by atoms with E-state index in [-0.39, 0.29) is 27.0 Å². The molecule has 2 aromatic heterocycles. The van der Waals surface area contributed by atoms with Gasteiger partial charge in [-0.15, -0.1) is 0 Å². The first-order chi connectivity index (χ1) is 14.2. The lowest BCUT2D eigenvalue weighted by molar-refractivity contribution is -0.106. The van der Waals surface area contributed by atoms with E-state index in [0.717, 1.165) is 10.6 Å². The Morgan fingerprint density at radius 1 is 1.23 bits per heavy atom. The second-order valence-corrected chi connectivity index (χ2v) is 8.60. The molecule has 2 heterocycles. The minimum atomic E-state index is -4.15. The topological polar surface area (TPSA) is 88.1 Å². The van der Waals surface area contributed by atoms with Crippen molar-refractivity contribution in [3.63, 3.8) is 0 Å². The number of hydrogen-bond acceptors (Lipinski definition) is 7. The molecular weight excluding hydrogens is 438 g/mol. The average Bonchev–Trinajstić information content (AvgIpc) is 3.08. The fraction of sp³-hybridized carbons (Fsp3) is 0.389. The lowest BCUT2D eigenvalue weighted by Gasteiger charge is -2.14. The van der Waals surface area contributed by atoms with Crippen molar-refractivity contribution in [3.05, 3.63) is 30.6 Å². The van der Waals surface area contributed by atoms with E-state index in [1.807, 2.05) is 24.3 Å². The van der Waals surface area contributed by atoms with Crippen LogP contribution in [0.4, 0.5) is 19.1 Å². The molecule has 162 valence electrons. The molecule has 7 nitrogen and oxygen atoms in total. The third kappa shape index (κ3) is 6.20. The molecule has 0 saturated carbocycles. The molecule has 2 unspecified atom stereocenters. The number of aromatic nitrogens is 4. The zero-order chi connectivity index (χ0) is 21.7. The third-order valence-corrected chi connectivity index (χ3v) is 5.98. The van der Waals surface area contributed by atoms with E-state index in [4.69, 9.17) is 15.2 Å². The molecule has 30 heavy (non-hydrogen) atoms. The van der Waals surface area contributed by atoms with Gasteiger partial charge in [-0.3, -0.25) is 0 Å². The largest absolute Gasteiger partial charge is 0.497 e. The average molecular weight is 459 g/mol. The quantitative estimate of drug-likeness (QED) is 0.292. The Bertz CT molecular complexity index is 984. The summed E-state index contributed by atoms with van der Waals surface area (Å²) >= 11 is 1.40. The molecule has 0 bridgehead atoms. The predicted molar refractivity (Wildman–Crippen MR) is 112 cm³/mol. The Labute approximate surface area is 177 Å². The van der Waals surface area contributed by atoms with E-state index in [1.165, 1.54) is 11.8 Å². The molecule has 0 amide bonds. The number of ether oxygens (including phenoxy) is 2. The van der Waals surface area contributed by atoms with Crippen molar-refractivity contribution in [2.24, 2.45) is 0 Å². The van der Waals surface area contributed by atoms with Crippen molar-refractivity contribution in [2.75, 3.05) is 25.4 Å². The monoisotopic (exact) mass is 459 g/mol. The standard InChI is InChI=1S/C18H21F3N5O2PS/c1-11(28-10-29-8-18(19,20)21)7-26-9-23-14-15(26)24-17(22)25-16(14)30-13-5-3-12(27-2)4-6-13/h3-6,9,11,29H,7-8,10H2,1-2H3,(H2,22,24,25). The molecule has 0 radical (unpaired) electrons. The zero-order valence-electron chi connectivity index (χ0n) is 16.3. The van der Waals surface area contributed by atoms with Gasteiger partial charge in [0.15, 0.2) is 5.65 Å². The number of nitrogens with two attached hydrogens (primary N) is 1. The number of fused-ring (bicyclic) bond motifs is 1. The highest BCUT2D eigenvalue weighted by molar-refractivity contribution is 7.99. The van der Waals surface area contributed by atoms with Crippen LogP contribution in [0.25, 0.3) is 11.2 Å². The van der Waals surface area contributed by atoms with Crippen LogP contribution in [0.3, 0.4) is 0 Å². The zero-order valence-corrected chi connectivity index (χ0v) is 18.1. The number of nitrogens with zero attached hydrogens (tertiary/aromatic N) is 4. The normalized spacial score (nSPS) is 13.4. The number of imidazole rings is 1. The molecule has 0 aliphatic carbocycles. The van der Waals surface area contributed by atoms with E-state index in [9.17, 15) is 13.2 Å². The number of methoxy groups -OCH3 is 1. The summed E-state index contributed by atoms with van der Waals surface area (Å²) in [5, 5.41) is 0.613. The maximum Gasteiger partial charge on any atom is 0.392 e. The lowest BCUT2D eigenvalue weighted by atomic mass is 10.3. The molecule has 0 spiro atoms. The minimum Gasteiger partial charge on any atom is -0.497 e. The number of benzene rings is 1. The molecule has 2 atom stereocenters. The van der Waals surface area contributed by atoms with E-state index in [2.05, 4.69) is 15.0 Å². The van der Waals surface area contributed by atoms with Gasteiger partial charge < -0.3 is 19.8 Å². The summed E-state index contributed by atoms with van der Waals surface area (Å²) in [7, 11) is 1.28. The van der Waals surface area contributed by atoms with Crippen LogP contribution >= 0.6 is 20.3 Å². The maximum absolute atomic E-state index is 12.2. The fourth-order valence-electron chi connectivity index (χ4n) is 2.62. The molecule has 0 aliphatic heterocycles. The van der Waals surface area contributed by atoms with E-state index in [0.29, 0.717) is 22.7 Å². The van der Waals surface area contributed by atoms with Gasteiger partial charge in [0.2, 0.25) is 5.95 Å². The highest BCUT2D eigenvalue weighted by Crippen LogP contribution is 2.32. The molecule has 0 saturated heterocycles. The summed E-state index contributed by atoms with van der Waals surface area (Å²) in [6.07, 6.45) is -3.63. The Morgan fingerprint density at radius 3 is 2.63 bits per heavy atom. The van der Waals surface area contributed by atoms with Crippen LogP contribution in [-0.4, -0.2) is 51.4 Å². The summed E-state index contributed by atoms with van der Waals surface area (Å²) < 4.78 is 49.1. The van der Waals surface area contributed by atoms with Crippen LogP contribution in [0.2, 0.25) is 0 Å². The molecule has 1 aromatic carbocycles. The Balaban J connectivity index is 1.70. The van der Waals surface area contributed by atoms with E-state index in [1.54, 1.807) is 24.9 Å². The molecule has 0 aliphatic rings. The van der Waals surface area contributed by atoms with Crippen molar-refractivity contribution in [1.82, 2.24) is 19.5 Å². The Kier molecular flexibility index (Phi) is 7.38. The molecule has 3 aromatic rings. The number of rotatable bonds is 9. The molecule has 3 rings (SSSR count).